The molecule has 4 unspecified atom stereocenters. The first kappa shape index (κ1) is 14.8. The second kappa shape index (κ2) is 6.36. The van der Waals surface area contributed by atoms with E-state index in [9.17, 15) is 0 Å². The highest BCUT2D eigenvalue weighted by molar-refractivity contribution is 4.95. The summed E-state index contributed by atoms with van der Waals surface area (Å²) in [7, 11) is 0. The average Bonchev–Trinajstić information content (AvgIpc) is 2.46. The lowest BCUT2D eigenvalue weighted by atomic mass is 9.76. The highest BCUT2D eigenvalue weighted by Gasteiger charge is 2.40. The Morgan fingerprint density at radius 2 is 1.65 bits per heavy atom. The maximum Gasteiger partial charge on any atom is 0.0224 e. The molecule has 20 heavy (non-hydrogen) atoms. The Morgan fingerprint density at radius 3 is 2.45 bits per heavy atom. The van der Waals surface area contributed by atoms with Crippen molar-refractivity contribution < 1.29 is 0 Å². The van der Waals surface area contributed by atoms with Crippen molar-refractivity contribution in [2.75, 3.05) is 19.6 Å². The van der Waals surface area contributed by atoms with E-state index in [1.54, 1.807) is 0 Å². The van der Waals surface area contributed by atoms with Crippen molar-refractivity contribution in [3.05, 3.63) is 0 Å². The number of hydrogen-bond donors (Lipinski definition) is 0. The van der Waals surface area contributed by atoms with E-state index in [1.807, 2.05) is 0 Å². The van der Waals surface area contributed by atoms with Crippen LogP contribution in [0.25, 0.3) is 0 Å². The van der Waals surface area contributed by atoms with Crippen molar-refractivity contribution in [1.82, 2.24) is 9.80 Å². The van der Waals surface area contributed by atoms with Gasteiger partial charge in [-0.3, -0.25) is 9.80 Å². The van der Waals surface area contributed by atoms with E-state index >= 15 is 0 Å². The van der Waals surface area contributed by atoms with Gasteiger partial charge in [-0.1, -0.05) is 33.1 Å². The van der Waals surface area contributed by atoms with Crippen molar-refractivity contribution in [2.45, 2.75) is 83.8 Å². The van der Waals surface area contributed by atoms with Crippen molar-refractivity contribution in [1.29, 1.82) is 0 Å². The van der Waals surface area contributed by atoms with E-state index in [-0.39, 0.29) is 0 Å². The number of piperidine rings is 1. The summed E-state index contributed by atoms with van der Waals surface area (Å²) in [4.78, 5) is 5.72. The molecule has 0 aromatic rings. The Labute approximate surface area is 125 Å². The lowest BCUT2D eigenvalue weighted by Crippen LogP contribution is -2.62. The molecule has 0 aromatic heterocycles. The van der Waals surface area contributed by atoms with Crippen LogP contribution in [0.15, 0.2) is 0 Å². The summed E-state index contributed by atoms with van der Waals surface area (Å²) < 4.78 is 0. The zero-order chi connectivity index (χ0) is 14.1. The molecule has 116 valence electrons. The van der Waals surface area contributed by atoms with Gasteiger partial charge in [0.2, 0.25) is 0 Å². The van der Waals surface area contributed by atoms with Gasteiger partial charge in [0.15, 0.2) is 0 Å². The maximum absolute atomic E-state index is 2.93. The summed E-state index contributed by atoms with van der Waals surface area (Å²) in [5, 5.41) is 0. The first-order chi connectivity index (χ1) is 9.66. The fourth-order valence-electron chi connectivity index (χ4n) is 5.17. The van der Waals surface area contributed by atoms with Gasteiger partial charge in [-0.05, 0) is 51.0 Å². The van der Waals surface area contributed by atoms with Crippen molar-refractivity contribution in [3.8, 4) is 0 Å². The van der Waals surface area contributed by atoms with Crippen LogP contribution in [0.1, 0.15) is 65.7 Å². The summed E-state index contributed by atoms with van der Waals surface area (Å²) >= 11 is 0. The third-order valence-corrected chi connectivity index (χ3v) is 6.30. The number of fused-ring (bicyclic) bond motifs is 1. The Morgan fingerprint density at radius 1 is 0.900 bits per heavy atom. The topological polar surface area (TPSA) is 6.48 Å². The van der Waals surface area contributed by atoms with Crippen LogP contribution < -0.4 is 0 Å². The predicted molar refractivity (Wildman–Crippen MR) is 86.0 cm³/mol. The molecule has 0 amide bonds. The molecule has 4 atom stereocenters. The molecule has 1 aliphatic carbocycles. The molecule has 3 aliphatic rings. The molecule has 0 N–H and O–H groups in total. The van der Waals surface area contributed by atoms with Gasteiger partial charge in [-0.2, -0.15) is 0 Å². The van der Waals surface area contributed by atoms with E-state index in [1.165, 1.54) is 64.6 Å². The zero-order valence-electron chi connectivity index (χ0n) is 13.9. The number of rotatable bonds is 2. The van der Waals surface area contributed by atoms with Gasteiger partial charge in [0.1, 0.15) is 0 Å². The first-order valence-corrected chi connectivity index (χ1v) is 9.16. The Kier molecular flexibility index (Phi) is 4.72. The number of piperazine rings is 1. The molecule has 0 aromatic carbocycles. The molecule has 3 rings (SSSR count). The smallest absolute Gasteiger partial charge is 0.0224 e. The van der Waals surface area contributed by atoms with Gasteiger partial charge >= 0.3 is 0 Å². The van der Waals surface area contributed by atoms with Gasteiger partial charge in [0.05, 0.1) is 0 Å². The van der Waals surface area contributed by atoms with Crippen molar-refractivity contribution in [3.63, 3.8) is 0 Å². The number of hydrogen-bond acceptors (Lipinski definition) is 2. The normalized spacial score (nSPS) is 40.8. The molecule has 2 nitrogen and oxygen atoms in total. The second-order valence-corrected chi connectivity index (χ2v) is 7.95. The van der Waals surface area contributed by atoms with Crippen LogP contribution >= 0.6 is 0 Å². The van der Waals surface area contributed by atoms with Crippen LogP contribution in [0.2, 0.25) is 0 Å². The van der Waals surface area contributed by atoms with Gasteiger partial charge in [0.25, 0.3) is 0 Å². The molecule has 2 heterocycles. The predicted octanol–water partition coefficient (Wildman–Crippen LogP) is 3.76. The molecule has 1 saturated carbocycles. The Hall–Kier alpha value is -0.0800. The fraction of sp³-hybridized carbons (Fsp3) is 1.00. The fourth-order valence-corrected chi connectivity index (χ4v) is 5.17. The molecule has 0 bridgehead atoms. The molecular weight excluding hydrogens is 244 g/mol. The van der Waals surface area contributed by atoms with Gasteiger partial charge < -0.3 is 0 Å². The quantitative estimate of drug-likeness (QED) is 0.759. The average molecular weight is 278 g/mol. The Bertz CT molecular complexity index is 315. The molecule has 2 heteroatoms. The highest BCUT2D eigenvalue weighted by atomic mass is 15.3. The summed E-state index contributed by atoms with van der Waals surface area (Å²) in [5.41, 5.74) is 0. The summed E-state index contributed by atoms with van der Waals surface area (Å²) in [6.45, 7) is 11.4. The van der Waals surface area contributed by atoms with E-state index in [0.29, 0.717) is 0 Å². The highest BCUT2D eigenvalue weighted by Crippen LogP contribution is 2.36. The lowest BCUT2D eigenvalue weighted by Gasteiger charge is -2.53. The van der Waals surface area contributed by atoms with E-state index in [0.717, 1.165) is 30.0 Å². The minimum absolute atomic E-state index is 0.772. The Balaban J connectivity index is 1.71. The van der Waals surface area contributed by atoms with Crippen LogP contribution in [-0.2, 0) is 0 Å². The van der Waals surface area contributed by atoms with Gasteiger partial charge in [-0.15, -0.1) is 0 Å². The monoisotopic (exact) mass is 278 g/mol. The van der Waals surface area contributed by atoms with Crippen LogP contribution in [0.3, 0.4) is 0 Å². The van der Waals surface area contributed by atoms with E-state index in [4.69, 9.17) is 0 Å². The SMILES string of the molecule is CC(C)C1CCCCC1N1CC2CCCCN2CC1C. The standard InChI is InChI=1S/C18H34N2/c1-14(2)17-9-4-5-10-18(17)20-13-16-8-6-7-11-19(16)12-15(20)3/h14-18H,4-13H2,1-3H3. The van der Waals surface area contributed by atoms with Gasteiger partial charge in [0, 0.05) is 31.2 Å². The minimum atomic E-state index is 0.772. The minimum Gasteiger partial charge on any atom is -0.298 e. The number of nitrogens with zero attached hydrogens (tertiary/aromatic N) is 2. The van der Waals surface area contributed by atoms with Crippen molar-refractivity contribution in [2.24, 2.45) is 11.8 Å². The first-order valence-electron chi connectivity index (χ1n) is 9.16. The van der Waals surface area contributed by atoms with Crippen LogP contribution in [0, 0.1) is 11.8 Å². The molecule has 0 spiro atoms. The summed E-state index contributed by atoms with van der Waals surface area (Å²) in [5.74, 6) is 1.80. The van der Waals surface area contributed by atoms with Crippen LogP contribution in [-0.4, -0.2) is 47.6 Å². The van der Waals surface area contributed by atoms with E-state index in [2.05, 4.69) is 30.6 Å². The lowest BCUT2D eigenvalue weighted by molar-refractivity contribution is -0.0382. The summed E-state index contributed by atoms with van der Waals surface area (Å²) in [6, 6.07) is 2.52. The third-order valence-electron chi connectivity index (χ3n) is 6.30. The largest absolute Gasteiger partial charge is 0.298 e. The molecular formula is C18H34N2. The molecule has 2 saturated heterocycles. The van der Waals surface area contributed by atoms with Crippen LogP contribution in [0.4, 0.5) is 0 Å². The summed E-state index contributed by atoms with van der Waals surface area (Å²) in [6.07, 6.45) is 10.2. The van der Waals surface area contributed by atoms with Gasteiger partial charge in [-0.25, -0.2) is 0 Å². The second-order valence-electron chi connectivity index (χ2n) is 7.95. The molecule has 0 radical (unpaired) electrons. The van der Waals surface area contributed by atoms with Crippen molar-refractivity contribution >= 4 is 0 Å². The zero-order valence-corrected chi connectivity index (χ0v) is 13.9. The van der Waals surface area contributed by atoms with E-state index < -0.39 is 0 Å². The molecule has 3 fully saturated rings. The third kappa shape index (κ3) is 2.92. The maximum atomic E-state index is 2.93. The molecule has 2 aliphatic heterocycles. The van der Waals surface area contributed by atoms with Crippen LogP contribution in [0.5, 0.6) is 0 Å².